The molecule has 0 radical (unpaired) electrons. The molecule has 0 bridgehead atoms. The maximum Gasteiger partial charge on any atom is 0.243 e. The summed E-state index contributed by atoms with van der Waals surface area (Å²) in [5, 5.41) is 3.02. The first-order valence-electron chi connectivity index (χ1n) is 11.7. The van der Waals surface area contributed by atoms with Gasteiger partial charge in [0.1, 0.15) is 6.04 Å². The van der Waals surface area contributed by atoms with E-state index in [4.69, 9.17) is 0 Å². The Morgan fingerprint density at radius 1 is 0.818 bits per heavy atom. The number of rotatable bonds is 10. The fraction of sp³-hybridized carbons (Fsp3) is 0.310. The number of carbonyl (C=O) groups excluding carboxylic acids is 2. The molecular weight excluding hydrogens is 408 g/mol. The van der Waals surface area contributed by atoms with Gasteiger partial charge in [0.05, 0.1) is 6.42 Å². The first kappa shape index (κ1) is 24.2. The van der Waals surface area contributed by atoms with E-state index < -0.39 is 6.04 Å². The molecular formula is C29H34N2O2. The van der Waals surface area contributed by atoms with Crippen LogP contribution >= 0.6 is 0 Å². The van der Waals surface area contributed by atoms with Crippen LogP contribution in [0.1, 0.15) is 41.2 Å². The lowest BCUT2D eigenvalue weighted by atomic mass is 10.0. The fourth-order valence-electron chi connectivity index (χ4n) is 4.15. The number of aryl methyl sites for hydroxylation is 2. The Hall–Kier alpha value is -3.40. The average Bonchev–Trinajstić information content (AvgIpc) is 2.80. The summed E-state index contributed by atoms with van der Waals surface area (Å²) in [5.41, 5.74) is 5.28. The van der Waals surface area contributed by atoms with Gasteiger partial charge in [-0.25, -0.2) is 0 Å². The first-order chi connectivity index (χ1) is 16.0. The summed E-state index contributed by atoms with van der Waals surface area (Å²) in [7, 11) is 0. The maximum atomic E-state index is 13.7. The molecule has 3 aromatic carbocycles. The summed E-state index contributed by atoms with van der Waals surface area (Å²) in [4.78, 5) is 28.7. The predicted molar refractivity (Wildman–Crippen MR) is 134 cm³/mol. The Morgan fingerprint density at radius 2 is 1.39 bits per heavy atom. The molecule has 0 aliphatic rings. The van der Waals surface area contributed by atoms with Crippen LogP contribution in [0, 0.1) is 13.8 Å². The number of amides is 2. The van der Waals surface area contributed by atoms with Crippen LogP contribution in [0.2, 0.25) is 0 Å². The van der Waals surface area contributed by atoms with Crippen molar-refractivity contribution in [2.24, 2.45) is 0 Å². The predicted octanol–water partition coefficient (Wildman–Crippen LogP) is 5.01. The van der Waals surface area contributed by atoms with Crippen molar-refractivity contribution in [1.29, 1.82) is 0 Å². The second-order valence-corrected chi connectivity index (χ2v) is 8.68. The topological polar surface area (TPSA) is 49.4 Å². The van der Waals surface area contributed by atoms with Gasteiger partial charge in [-0.15, -0.1) is 0 Å². The zero-order chi connectivity index (χ0) is 23.6. The quantitative estimate of drug-likeness (QED) is 0.480. The maximum absolute atomic E-state index is 13.7. The smallest absolute Gasteiger partial charge is 0.243 e. The number of hydrogen-bond acceptors (Lipinski definition) is 2. The van der Waals surface area contributed by atoms with E-state index in [1.54, 1.807) is 4.90 Å². The zero-order valence-corrected chi connectivity index (χ0v) is 19.9. The van der Waals surface area contributed by atoms with Crippen molar-refractivity contribution in [2.45, 2.75) is 52.6 Å². The third kappa shape index (κ3) is 7.31. The Balaban J connectivity index is 1.94. The van der Waals surface area contributed by atoms with Gasteiger partial charge in [0.2, 0.25) is 11.8 Å². The monoisotopic (exact) mass is 442 g/mol. The molecule has 0 aliphatic heterocycles. The van der Waals surface area contributed by atoms with Gasteiger partial charge < -0.3 is 10.2 Å². The minimum atomic E-state index is -0.586. The number of nitrogens with zero attached hydrogens (tertiary/aromatic N) is 1. The molecule has 172 valence electrons. The van der Waals surface area contributed by atoms with Crippen molar-refractivity contribution in [3.8, 4) is 0 Å². The number of hydrogen-bond donors (Lipinski definition) is 1. The second kappa shape index (κ2) is 12.0. The molecule has 0 saturated heterocycles. The zero-order valence-electron chi connectivity index (χ0n) is 19.9. The van der Waals surface area contributed by atoms with Gasteiger partial charge in [-0.05, 0) is 37.0 Å². The minimum Gasteiger partial charge on any atom is -0.354 e. The van der Waals surface area contributed by atoms with E-state index in [1.807, 2.05) is 81.4 Å². The molecule has 4 heteroatoms. The lowest BCUT2D eigenvalue weighted by Crippen LogP contribution is -2.51. The van der Waals surface area contributed by atoms with Crippen LogP contribution in [0.15, 0.2) is 78.9 Å². The van der Waals surface area contributed by atoms with Crippen LogP contribution in [0.25, 0.3) is 0 Å². The highest BCUT2D eigenvalue weighted by atomic mass is 16.2. The van der Waals surface area contributed by atoms with E-state index in [9.17, 15) is 9.59 Å². The lowest BCUT2D eigenvalue weighted by molar-refractivity contribution is -0.140. The highest BCUT2D eigenvalue weighted by Gasteiger charge is 2.30. The molecule has 33 heavy (non-hydrogen) atoms. The van der Waals surface area contributed by atoms with Crippen LogP contribution in [0.3, 0.4) is 0 Å². The van der Waals surface area contributed by atoms with Crippen LogP contribution in [-0.4, -0.2) is 29.3 Å². The molecule has 0 unspecified atom stereocenters. The highest BCUT2D eigenvalue weighted by molar-refractivity contribution is 5.88. The van der Waals surface area contributed by atoms with E-state index in [2.05, 4.69) is 23.5 Å². The van der Waals surface area contributed by atoms with Crippen LogP contribution < -0.4 is 5.32 Å². The van der Waals surface area contributed by atoms with Crippen molar-refractivity contribution >= 4 is 11.8 Å². The second-order valence-electron chi connectivity index (χ2n) is 8.68. The molecule has 3 rings (SSSR count). The molecule has 0 aliphatic carbocycles. The SMILES string of the molecule is CCCNC(=O)[C@@H](Cc1ccccc1)N(Cc1ccccc1)C(=O)Cc1cc(C)cc(C)c1. The van der Waals surface area contributed by atoms with Gasteiger partial charge in [-0.3, -0.25) is 9.59 Å². The van der Waals surface area contributed by atoms with Gasteiger partial charge in [0.15, 0.2) is 0 Å². The van der Waals surface area contributed by atoms with Crippen LogP contribution in [0.4, 0.5) is 0 Å². The van der Waals surface area contributed by atoms with Gasteiger partial charge in [-0.1, -0.05) is 96.9 Å². The van der Waals surface area contributed by atoms with Gasteiger partial charge in [0, 0.05) is 19.5 Å². The largest absolute Gasteiger partial charge is 0.354 e. The molecule has 4 nitrogen and oxygen atoms in total. The van der Waals surface area contributed by atoms with E-state index in [-0.39, 0.29) is 18.2 Å². The summed E-state index contributed by atoms with van der Waals surface area (Å²) in [6, 6.07) is 25.4. The van der Waals surface area contributed by atoms with Crippen molar-refractivity contribution in [1.82, 2.24) is 10.2 Å². The molecule has 1 atom stereocenters. The minimum absolute atomic E-state index is 0.0450. The molecule has 0 saturated carbocycles. The fourth-order valence-corrected chi connectivity index (χ4v) is 4.15. The Labute approximate surface area is 197 Å². The summed E-state index contributed by atoms with van der Waals surface area (Å²) >= 11 is 0. The molecule has 3 aromatic rings. The molecule has 2 amide bonds. The summed E-state index contributed by atoms with van der Waals surface area (Å²) in [6.45, 7) is 7.09. The molecule has 0 aromatic heterocycles. The lowest BCUT2D eigenvalue weighted by Gasteiger charge is -2.31. The van der Waals surface area contributed by atoms with E-state index in [1.165, 1.54) is 0 Å². The van der Waals surface area contributed by atoms with E-state index >= 15 is 0 Å². The van der Waals surface area contributed by atoms with Crippen molar-refractivity contribution < 1.29 is 9.59 Å². The molecule has 1 N–H and O–H groups in total. The van der Waals surface area contributed by atoms with Crippen molar-refractivity contribution in [3.05, 3.63) is 107 Å². The van der Waals surface area contributed by atoms with E-state index in [0.29, 0.717) is 19.5 Å². The van der Waals surface area contributed by atoms with E-state index in [0.717, 1.165) is 34.2 Å². The molecule has 0 fully saturated rings. The third-order valence-electron chi connectivity index (χ3n) is 5.65. The molecule has 0 heterocycles. The Kier molecular flexibility index (Phi) is 8.82. The Morgan fingerprint density at radius 3 is 1.97 bits per heavy atom. The van der Waals surface area contributed by atoms with Crippen molar-refractivity contribution in [2.75, 3.05) is 6.54 Å². The van der Waals surface area contributed by atoms with Gasteiger partial charge in [-0.2, -0.15) is 0 Å². The van der Waals surface area contributed by atoms with Crippen LogP contribution in [0.5, 0.6) is 0 Å². The average molecular weight is 443 g/mol. The third-order valence-corrected chi connectivity index (χ3v) is 5.65. The summed E-state index contributed by atoms with van der Waals surface area (Å²) in [5.74, 6) is -0.151. The number of nitrogens with one attached hydrogen (secondary N) is 1. The Bertz CT molecular complexity index is 1030. The standard InChI is InChI=1S/C29H34N2O2/c1-4-15-30-29(33)27(19-24-11-7-5-8-12-24)31(21-25-13-9-6-10-14-25)28(32)20-26-17-22(2)16-23(3)18-26/h5-14,16-18,27H,4,15,19-21H2,1-3H3,(H,30,33)/t27-/m1/s1. The highest BCUT2D eigenvalue weighted by Crippen LogP contribution is 2.18. The van der Waals surface area contributed by atoms with Crippen molar-refractivity contribution in [3.63, 3.8) is 0 Å². The molecule has 0 spiro atoms. The normalized spacial score (nSPS) is 11.6. The number of carbonyl (C=O) groups is 2. The van der Waals surface area contributed by atoms with Crippen LogP contribution in [-0.2, 0) is 29.0 Å². The van der Waals surface area contributed by atoms with Gasteiger partial charge >= 0.3 is 0 Å². The number of benzene rings is 3. The summed E-state index contributed by atoms with van der Waals surface area (Å²) < 4.78 is 0. The van der Waals surface area contributed by atoms with Gasteiger partial charge in [0.25, 0.3) is 0 Å². The summed E-state index contributed by atoms with van der Waals surface area (Å²) in [6.07, 6.45) is 1.59. The first-order valence-corrected chi connectivity index (χ1v) is 11.7.